The fraction of sp³-hybridized carbons (Fsp3) is 0.632. The predicted octanol–water partition coefficient (Wildman–Crippen LogP) is 2.45. The van der Waals surface area contributed by atoms with Crippen molar-refractivity contribution in [2.24, 2.45) is 5.92 Å². The molecule has 1 saturated heterocycles. The minimum Gasteiger partial charge on any atom is -0.393 e. The molecule has 23 heavy (non-hydrogen) atoms. The van der Waals surface area contributed by atoms with Gasteiger partial charge in [-0.25, -0.2) is 0 Å². The zero-order chi connectivity index (χ0) is 16.4. The van der Waals surface area contributed by atoms with Gasteiger partial charge in [0.25, 0.3) is 0 Å². The SMILES string of the molecule is CC(O)C1CCN(C(=O)CCN2c3ccccc3CCC2C)C1. The molecule has 0 aromatic heterocycles. The number of aliphatic hydroxyl groups is 1. The summed E-state index contributed by atoms with van der Waals surface area (Å²) >= 11 is 0. The molecule has 2 aliphatic rings. The first-order chi connectivity index (χ1) is 11.1. The quantitative estimate of drug-likeness (QED) is 0.928. The lowest BCUT2D eigenvalue weighted by molar-refractivity contribution is -0.130. The Morgan fingerprint density at radius 1 is 1.35 bits per heavy atom. The van der Waals surface area contributed by atoms with Gasteiger partial charge in [0.15, 0.2) is 0 Å². The van der Waals surface area contributed by atoms with Crippen molar-refractivity contribution in [1.82, 2.24) is 4.90 Å². The maximum atomic E-state index is 12.5. The molecule has 0 spiro atoms. The van der Waals surface area contributed by atoms with Gasteiger partial charge in [0.1, 0.15) is 0 Å². The van der Waals surface area contributed by atoms with Gasteiger partial charge in [0.2, 0.25) is 5.91 Å². The van der Waals surface area contributed by atoms with E-state index in [2.05, 4.69) is 36.1 Å². The van der Waals surface area contributed by atoms with Gasteiger partial charge in [-0.2, -0.15) is 0 Å². The molecule has 2 heterocycles. The van der Waals surface area contributed by atoms with Crippen LogP contribution in [0.25, 0.3) is 0 Å². The lowest BCUT2D eigenvalue weighted by atomic mass is 9.96. The van der Waals surface area contributed by atoms with Crippen LogP contribution in [-0.4, -0.2) is 47.7 Å². The van der Waals surface area contributed by atoms with Gasteiger partial charge in [-0.1, -0.05) is 18.2 Å². The first kappa shape index (κ1) is 16.3. The molecule has 1 fully saturated rings. The van der Waals surface area contributed by atoms with Crippen LogP contribution in [0.1, 0.15) is 38.7 Å². The van der Waals surface area contributed by atoms with Crippen LogP contribution in [0.2, 0.25) is 0 Å². The summed E-state index contributed by atoms with van der Waals surface area (Å²) in [5.74, 6) is 0.469. The molecular formula is C19H28N2O2. The van der Waals surface area contributed by atoms with Crippen molar-refractivity contribution in [2.75, 3.05) is 24.5 Å². The molecule has 4 heteroatoms. The lowest BCUT2D eigenvalue weighted by Crippen LogP contribution is -2.40. The largest absolute Gasteiger partial charge is 0.393 e. The molecule has 0 saturated carbocycles. The topological polar surface area (TPSA) is 43.8 Å². The van der Waals surface area contributed by atoms with Crippen molar-refractivity contribution < 1.29 is 9.90 Å². The van der Waals surface area contributed by atoms with Crippen LogP contribution in [0.3, 0.4) is 0 Å². The van der Waals surface area contributed by atoms with Gasteiger partial charge in [0.05, 0.1) is 6.10 Å². The number of hydrogen-bond acceptors (Lipinski definition) is 3. The number of anilines is 1. The van der Waals surface area contributed by atoms with Gasteiger partial charge in [0, 0.05) is 43.7 Å². The maximum Gasteiger partial charge on any atom is 0.224 e. The Kier molecular flexibility index (Phi) is 4.90. The van der Waals surface area contributed by atoms with Gasteiger partial charge >= 0.3 is 0 Å². The monoisotopic (exact) mass is 316 g/mol. The third-order valence-corrected chi connectivity index (χ3v) is 5.49. The van der Waals surface area contributed by atoms with E-state index in [1.165, 1.54) is 11.3 Å². The van der Waals surface area contributed by atoms with E-state index >= 15 is 0 Å². The number of para-hydroxylation sites is 1. The summed E-state index contributed by atoms with van der Waals surface area (Å²) in [7, 11) is 0. The summed E-state index contributed by atoms with van der Waals surface area (Å²) in [5, 5.41) is 9.68. The Morgan fingerprint density at radius 2 is 2.13 bits per heavy atom. The van der Waals surface area contributed by atoms with Crippen molar-refractivity contribution >= 4 is 11.6 Å². The average Bonchev–Trinajstić information content (AvgIpc) is 3.04. The third kappa shape index (κ3) is 3.52. The second kappa shape index (κ2) is 6.91. The third-order valence-electron chi connectivity index (χ3n) is 5.49. The van der Waals surface area contributed by atoms with Crippen molar-refractivity contribution in [3.63, 3.8) is 0 Å². The molecule has 1 N–H and O–H groups in total. The van der Waals surface area contributed by atoms with E-state index in [9.17, 15) is 9.90 Å². The Balaban J connectivity index is 1.59. The highest BCUT2D eigenvalue weighted by Crippen LogP contribution is 2.30. The average molecular weight is 316 g/mol. The molecule has 3 rings (SSSR count). The first-order valence-electron chi connectivity index (χ1n) is 8.86. The number of aliphatic hydroxyl groups excluding tert-OH is 1. The number of hydrogen-bond donors (Lipinski definition) is 1. The lowest BCUT2D eigenvalue weighted by Gasteiger charge is -2.37. The Bertz CT molecular complexity index is 558. The number of likely N-dealkylation sites (tertiary alicyclic amines) is 1. The fourth-order valence-corrected chi connectivity index (χ4v) is 3.88. The molecule has 4 nitrogen and oxygen atoms in total. The number of rotatable bonds is 4. The normalized spacial score (nSPS) is 25.3. The Hall–Kier alpha value is -1.55. The minimum absolute atomic E-state index is 0.225. The summed E-state index contributed by atoms with van der Waals surface area (Å²) in [6, 6.07) is 9.04. The molecule has 126 valence electrons. The molecule has 2 aliphatic heterocycles. The van der Waals surface area contributed by atoms with Gasteiger partial charge in [-0.05, 0) is 44.7 Å². The number of nitrogens with zero attached hydrogens (tertiary/aromatic N) is 2. The van der Waals surface area contributed by atoms with Gasteiger partial charge in [-0.15, -0.1) is 0 Å². The summed E-state index contributed by atoms with van der Waals surface area (Å²) in [6.45, 7) is 6.36. The fourth-order valence-electron chi connectivity index (χ4n) is 3.88. The van der Waals surface area contributed by atoms with Crippen LogP contribution in [0, 0.1) is 5.92 Å². The zero-order valence-corrected chi connectivity index (χ0v) is 14.2. The zero-order valence-electron chi connectivity index (χ0n) is 14.2. The molecule has 1 aromatic rings. The molecule has 3 unspecified atom stereocenters. The van der Waals surface area contributed by atoms with Crippen LogP contribution >= 0.6 is 0 Å². The Labute approximate surface area is 139 Å². The second-order valence-corrected chi connectivity index (χ2v) is 7.09. The van der Waals surface area contributed by atoms with Gasteiger partial charge in [-0.3, -0.25) is 4.79 Å². The van der Waals surface area contributed by atoms with E-state index in [1.807, 2.05) is 11.8 Å². The standard InChI is InChI=1S/C19H28N2O2/c1-14-7-8-16-5-3-4-6-18(16)21(14)12-10-19(23)20-11-9-17(13-20)15(2)22/h3-6,14-15,17,22H,7-13H2,1-2H3. The smallest absolute Gasteiger partial charge is 0.224 e. The van der Waals surface area contributed by atoms with Crippen LogP contribution in [0.4, 0.5) is 5.69 Å². The van der Waals surface area contributed by atoms with Crippen LogP contribution < -0.4 is 4.90 Å². The summed E-state index contributed by atoms with van der Waals surface area (Å²) in [5.41, 5.74) is 2.69. The van der Waals surface area contributed by atoms with E-state index in [0.717, 1.165) is 32.4 Å². The maximum absolute atomic E-state index is 12.5. The van der Waals surface area contributed by atoms with Crippen LogP contribution in [0.5, 0.6) is 0 Å². The first-order valence-corrected chi connectivity index (χ1v) is 8.86. The summed E-state index contributed by atoms with van der Waals surface area (Å²) in [4.78, 5) is 16.8. The summed E-state index contributed by atoms with van der Waals surface area (Å²) in [6.07, 6.45) is 3.45. The molecule has 1 aromatic carbocycles. The van der Waals surface area contributed by atoms with Crippen molar-refractivity contribution in [1.29, 1.82) is 0 Å². The number of carbonyl (C=O) groups excluding carboxylic acids is 1. The predicted molar refractivity (Wildman–Crippen MR) is 92.6 cm³/mol. The van der Waals surface area contributed by atoms with E-state index in [-0.39, 0.29) is 17.9 Å². The van der Waals surface area contributed by atoms with Crippen molar-refractivity contribution in [3.05, 3.63) is 29.8 Å². The van der Waals surface area contributed by atoms with E-state index in [0.29, 0.717) is 19.0 Å². The van der Waals surface area contributed by atoms with Crippen molar-refractivity contribution in [3.8, 4) is 0 Å². The Morgan fingerprint density at radius 3 is 2.87 bits per heavy atom. The highest BCUT2D eigenvalue weighted by atomic mass is 16.3. The highest BCUT2D eigenvalue weighted by Gasteiger charge is 2.30. The number of fused-ring (bicyclic) bond motifs is 1. The molecule has 0 aliphatic carbocycles. The van der Waals surface area contributed by atoms with E-state index in [1.54, 1.807) is 0 Å². The molecular weight excluding hydrogens is 288 g/mol. The molecule has 3 atom stereocenters. The number of benzene rings is 1. The number of aryl methyl sites for hydroxylation is 1. The van der Waals surface area contributed by atoms with Crippen LogP contribution in [-0.2, 0) is 11.2 Å². The van der Waals surface area contributed by atoms with Gasteiger partial charge < -0.3 is 14.9 Å². The van der Waals surface area contributed by atoms with Crippen LogP contribution in [0.15, 0.2) is 24.3 Å². The number of amides is 1. The van der Waals surface area contributed by atoms with Crippen molar-refractivity contribution in [2.45, 2.75) is 51.7 Å². The molecule has 0 radical (unpaired) electrons. The van der Waals surface area contributed by atoms with E-state index < -0.39 is 0 Å². The highest BCUT2D eigenvalue weighted by molar-refractivity contribution is 5.77. The molecule has 1 amide bonds. The molecule has 0 bridgehead atoms. The second-order valence-electron chi connectivity index (χ2n) is 7.09. The minimum atomic E-state index is -0.318. The van der Waals surface area contributed by atoms with E-state index in [4.69, 9.17) is 0 Å². The number of carbonyl (C=O) groups is 1. The summed E-state index contributed by atoms with van der Waals surface area (Å²) < 4.78 is 0.